The quantitative estimate of drug-likeness (QED) is 0.447. The van der Waals surface area contributed by atoms with Gasteiger partial charge >= 0.3 is 5.97 Å². The van der Waals surface area contributed by atoms with E-state index in [0.29, 0.717) is 31.7 Å². The molecule has 2 aromatic carbocycles. The monoisotopic (exact) mass is 407 g/mol. The van der Waals surface area contributed by atoms with E-state index in [1.165, 1.54) is 0 Å². The highest BCUT2D eigenvalue weighted by Crippen LogP contribution is 2.33. The number of carboxylic acids is 1. The molecule has 1 aliphatic rings. The first kappa shape index (κ1) is 21.7. The molecule has 5 heteroatoms. The fraction of sp³-hybridized carbons (Fsp3) is 0.320. The van der Waals surface area contributed by atoms with Gasteiger partial charge in [0.15, 0.2) is 6.29 Å². The van der Waals surface area contributed by atoms with Gasteiger partial charge in [-0.05, 0) is 66.8 Å². The maximum Gasteiger partial charge on any atom is 0.331 e. The molecule has 1 atom stereocenters. The van der Waals surface area contributed by atoms with E-state index in [-0.39, 0.29) is 6.29 Å². The number of hydrogen-bond acceptors (Lipinski definition) is 4. The van der Waals surface area contributed by atoms with E-state index in [4.69, 9.17) is 9.47 Å². The molecule has 1 N–H and O–H groups in total. The maximum atomic E-state index is 11.6. The van der Waals surface area contributed by atoms with Gasteiger partial charge in [-0.1, -0.05) is 31.2 Å². The minimum Gasteiger partial charge on any atom is -0.478 e. The van der Waals surface area contributed by atoms with Gasteiger partial charge in [-0.15, -0.1) is 6.58 Å². The lowest BCUT2D eigenvalue weighted by Gasteiger charge is -2.23. The molecule has 1 aliphatic heterocycles. The van der Waals surface area contributed by atoms with Crippen molar-refractivity contribution in [3.8, 4) is 16.9 Å². The highest BCUT2D eigenvalue weighted by Gasteiger charge is 2.19. The molecule has 3 rings (SSSR count). The molecule has 0 spiro atoms. The summed E-state index contributed by atoms with van der Waals surface area (Å²) in [6.45, 7) is 9.78. The second kappa shape index (κ2) is 10.1. The molecule has 2 aromatic rings. The minimum atomic E-state index is -0.868. The van der Waals surface area contributed by atoms with Crippen LogP contribution in [-0.2, 0) is 9.53 Å². The number of nitrogens with zero attached hydrogens (tertiary/aromatic N) is 1. The molecule has 5 nitrogen and oxygen atoms in total. The number of fused-ring (bicyclic) bond motifs is 1. The van der Waals surface area contributed by atoms with Crippen molar-refractivity contribution in [2.75, 3.05) is 24.6 Å². The third-order valence-corrected chi connectivity index (χ3v) is 5.02. The Bertz CT molecular complexity index is 917. The summed E-state index contributed by atoms with van der Waals surface area (Å²) in [4.78, 5) is 13.8. The lowest BCUT2D eigenvalue weighted by atomic mass is 10.00. The molecule has 0 aromatic heterocycles. The number of hydrogen-bond donors (Lipinski definition) is 1. The van der Waals surface area contributed by atoms with Crippen molar-refractivity contribution < 1.29 is 19.4 Å². The highest BCUT2D eigenvalue weighted by molar-refractivity contribution is 5.94. The molecule has 0 radical (unpaired) electrons. The molecule has 0 amide bonds. The smallest absolute Gasteiger partial charge is 0.331 e. The Kier molecular flexibility index (Phi) is 7.31. The summed E-state index contributed by atoms with van der Waals surface area (Å²) >= 11 is 0. The van der Waals surface area contributed by atoms with E-state index >= 15 is 0 Å². The van der Waals surface area contributed by atoms with Crippen LogP contribution >= 0.6 is 0 Å². The molecule has 0 fully saturated rings. The predicted molar refractivity (Wildman–Crippen MR) is 121 cm³/mol. The van der Waals surface area contributed by atoms with Crippen molar-refractivity contribution in [3.63, 3.8) is 0 Å². The van der Waals surface area contributed by atoms with Gasteiger partial charge in [0, 0.05) is 24.4 Å². The molecular formula is C25H29NO4. The van der Waals surface area contributed by atoms with Gasteiger partial charge in [0.1, 0.15) is 5.75 Å². The first-order valence-corrected chi connectivity index (χ1v) is 10.3. The molecule has 30 heavy (non-hydrogen) atoms. The van der Waals surface area contributed by atoms with Gasteiger partial charge in [0.2, 0.25) is 0 Å². The number of carboxylic acid groups (broad SMARTS) is 1. The van der Waals surface area contributed by atoms with Gasteiger partial charge in [0.05, 0.1) is 6.61 Å². The molecule has 0 bridgehead atoms. The van der Waals surface area contributed by atoms with Crippen LogP contribution in [-0.4, -0.2) is 37.1 Å². The zero-order valence-corrected chi connectivity index (χ0v) is 17.6. The number of anilines is 1. The van der Waals surface area contributed by atoms with E-state index in [9.17, 15) is 9.90 Å². The summed E-state index contributed by atoms with van der Waals surface area (Å²) in [6, 6.07) is 14.0. The average molecular weight is 408 g/mol. The first-order chi connectivity index (χ1) is 14.5. The summed E-state index contributed by atoms with van der Waals surface area (Å²) in [6.07, 6.45) is 4.78. The standard InChI is InChI=1S/C25H29NO4/c1-4-13-26-14-12-21(25(27)28)17-22-16-20(8-11-24(22)26)19-6-9-23(10-7-19)30-18(3)29-15-5-2/h4,6-11,16-18H,1,5,12-15H2,2-3H3,(H,27,28). The third kappa shape index (κ3) is 5.30. The molecule has 1 unspecified atom stereocenters. The zero-order valence-electron chi connectivity index (χ0n) is 17.6. The minimum absolute atomic E-state index is 0.293. The number of aliphatic carboxylic acids is 1. The van der Waals surface area contributed by atoms with Crippen molar-refractivity contribution in [2.24, 2.45) is 0 Å². The summed E-state index contributed by atoms with van der Waals surface area (Å²) in [5.41, 5.74) is 4.42. The number of rotatable bonds is 9. The normalized spacial score (nSPS) is 14.3. The highest BCUT2D eigenvalue weighted by atomic mass is 16.7. The predicted octanol–water partition coefficient (Wildman–Crippen LogP) is 5.37. The van der Waals surface area contributed by atoms with E-state index in [2.05, 4.69) is 30.5 Å². The van der Waals surface area contributed by atoms with Crippen LogP contribution < -0.4 is 9.64 Å². The van der Waals surface area contributed by atoms with Gasteiger partial charge in [-0.25, -0.2) is 4.79 Å². The first-order valence-electron chi connectivity index (χ1n) is 10.3. The average Bonchev–Trinajstić information content (AvgIpc) is 2.92. The Labute approximate surface area is 178 Å². The van der Waals surface area contributed by atoms with Gasteiger partial charge in [0.25, 0.3) is 0 Å². The largest absolute Gasteiger partial charge is 0.478 e. The third-order valence-electron chi connectivity index (χ3n) is 5.02. The Hall–Kier alpha value is -3.05. The van der Waals surface area contributed by atoms with Crippen LogP contribution in [0.4, 0.5) is 5.69 Å². The SMILES string of the molecule is C=CCN1CCC(C(=O)O)=Cc2cc(-c3ccc(OC(C)OCCC)cc3)ccc21. The van der Waals surface area contributed by atoms with Gasteiger partial charge < -0.3 is 19.5 Å². The Balaban J connectivity index is 1.86. The van der Waals surface area contributed by atoms with Crippen LogP contribution in [0, 0.1) is 0 Å². The fourth-order valence-corrected chi connectivity index (χ4v) is 3.52. The summed E-state index contributed by atoms with van der Waals surface area (Å²) < 4.78 is 11.3. The van der Waals surface area contributed by atoms with Crippen LogP contribution in [0.3, 0.4) is 0 Å². The van der Waals surface area contributed by atoms with Crippen LogP contribution in [0.15, 0.2) is 60.7 Å². The second-order valence-corrected chi connectivity index (χ2v) is 7.31. The van der Waals surface area contributed by atoms with Crippen molar-refractivity contribution >= 4 is 17.7 Å². The maximum absolute atomic E-state index is 11.6. The molecule has 0 aliphatic carbocycles. The van der Waals surface area contributed by atoms with Crippen LogP contribution in [0.1, 0.15) is 32.3 Å². The van der Waals surface area contributed by atoms with Crippen LogP contribution in [0.5, 0.6) is 5.75 Å². The molecule has 0 saturated heterocycles. The Morgan fingerprint density at radius 1 is 1.23 bits per heavy atom. The lowest BCUT2D eigenvalue weighted by Crippen LogP contribution is -2.24. The van der Waals surface area contributed by atoms with Gasteiger partial charge in [-0.2, -0.15) is 0 Å². The summed E-state index contributed by atoms with van der Waals surface area (Å²) in [5.74, 6) is -0.116. The fourth-order valence-electron chi connectivity index (χ4n) is 3.52. The van der Waals surface area contributed by atoms with Crippen molar-refractivity contribution in [3.05, 3.63) is 66.3 Å². The Morgan fingerprint density at radius 3 is 2.63 bits per heavy atom. The lowest BCUT2D eigenvalue weighted by molar-refractivity contribution is -0.132. The van der Waals surface area contributed by atoms with E-state index in [0.717, 1.165) is 34.5 Å². The van der Waals surface area contributed by atoms with Crippen molar-refractivity contribution in [1.29, 1.82) is 0 Å². The van der Waals surface area contributed by atoms with E-state index in [1.807, 2.05) is 43.3 Å². The van der Waals surface area contributed by atoms with Crippen molar-refractivity contribution in [1.82, 2.24) is 0 Å². The van der Waals surface area contributed by atoms with Crippen LogP contribution in [0.2, 0.25) is 0 Å². The van der Waals surface area contributed by atoms with Crippen LogP contribution in [0.25, 0.3) is 17.2 Å². The number of carbonyl (C=O) groups is 1. The van der Waals surface area contributed by atoms with E-state index < -0.39 is 5.97 Å². The summed E-state index contributed by atoms with van der Waals surface area (Å²) in [7, 11) is 0. The molecule has 0 saturated carbocycles. The number of ether oxygens (including phenoxy) is 2. The molecule has 1 heterocycles. The summed E-state index contributed by atoms with van der Waals surface area (Å²) in [5, 5.41) is 9.52. The van der Waals surface area contributed by atoms with Crippen molar-refractivity contribution in [2.45, 2.75) is 33.0 Å². The van der Waals surface area contributed by atoms with Gasteiger partial charge in [-0.3, -0.25) is 0 Å². The Morgan fingerprint density at radius 2 is 1.97 bits per heavy atom. The zero-order chi connectivity index (χ0) is 21.5. The molecular weight excluding hydrogens is 378 g/mol. The molecule has 158 valence electrons. The van der Waals surface area contributed by atoms with E-state index in [1.54, 1.807) is 6.08 Å². The second-order valence-electron chi connectivity index (χ2n) is 7.31. The topological polar surface area (TPSA) is 59.0 Å². The number of benzene rings is 2.